The van der Waals surface area contributed by atoms with Gasteiger partial charge in [-0.1, -0.05) is 306 Å². The normalized spacial score (nSPS) is 10.4. The lowest BCUT2D eigenvalue weighted by atomic mass is 10.1. The highest BCUT2D eigenvalue weighted by Crippen LogP contribution is 2.43. The van der Waals surface area contributed by atoms with Gasteiger partial charge >= 0.3 is 0 Å². The van der Waals surface area contributed by atoms with Gasteiger partial charge in [-0.05, 0) is 317 Å². The lowest BCUT2D eigenvalue weighted by molar-refractivity contribution is 1.21. The van der Waals surface area contributed by atoms with E-state index < -0.39 is 0 Å². The lowest BCUT2D eigenvalue weighted by Gasteiger charge is -2.29. The van der Waals surface area contributed by atoms with E-state index in [9.17, 15) is 0 Å². The third-order valence-electron chi connectivity index (χ3n) is 21.7. The summed E-state index contributed by atoms with van der Waals surface area (Å²) >= 11 is 0. The fourth-order valence-electron chi connectivity index (χ4n) is 15.0. The predicted molar refractivity (Wildman–Crippen MR) is 544 cm³/mol. The molecular weight excluding hydrogens is 1530 g/mol. The van der Waals surface area contributed by atoms with Gasteiger partial charge in [0.2, 0.25) is 0 Å². The van der Waals surface area contributed by atoms with E-state index in [-0.39, 0.29) is 0 Å². The van der Waals surface area contributed by atoms with Crippen LogP contribution < -0.4 is 29.4 Å². The summed E-state index contributed by atoms with van der Waals surface area (Å²) in [4.78, 5) is 13.8. The molecule has 126 heavy (non-hydrogen) atoms. The zero-order valence-electron chi connectivity index (χ0n) is 74.7. The van der Waals surface area contributed by atoms with Crippen LogP contribution in [0.1, 0.15) is 66.8 Å². The Morgan fingerprint density at radius 1 is 0.103 bits per heavy atom. The van der Waals surface area contributed by atoms with Crippen LogP contribution >= 0.6 is 0 Å². The van der Waals surface area contributed by atoms with E-state index in [1.54, 1.807) is 0 Å². The highest BCUT2D eigenvalue weighted by molar-refractivity contribution is 5.84. The SMILES string of the molecule is Cc1ccc(N(c2ccc(C)cc2)c2ccc(C)cc2)cc1.Cc1ccc(N(c2ccccc2)c2ccc(C)cc2)cc1.Cc1ccc(N(c2ccccc2)c2ccccc2)cc1.Cc1cccc(N(c2cccc(C)c2)c2cccc(C)c2)c1.Cc1ccccc1N(c1ccccc1C)c1ccccc1C.c1ccc(N(c2ccccc2)c2ccccc2)cc1. The zero-order valence-corrected chi connectivity index (χ0v) is 74.7. The van der Waals surface area contributed by atoms with Crippen LogP contribution in [0.4, 0.5) is 102 Å². The van der Waals surface area contributed by atoms with Crippen molar-refractivity contribution >= 4 is 102 Å². The molecule has 0 aromatic heterocycles. The minimum Gasteiger partial charge on any atom is -0.311 e. The fourth-order valence-corrected chi connectivity index (χ4v) is 15.0. The second-order valence-corrected chi connectivity index (χ2v) is 31.9. The third-order valence-corrected chi connectivity index (χ3v) is 21.7. The second-order valence-electron chi connectivity index (χ2n) is 31.9. The molecule has 0 spiro atoms. The summed E-state index contributed by atoms with van der Waals surface area (Å²) < 4.78 is 0. The molecule has 624 valence electrons. The van der Waals surface area contributed by atoms with E-state index in [1.807, 2.05) is 36.4 Å². The first-order chi connectivity index (χ1) is 61.5. The molecule has 18 aromatic rings. The molecular formula is C120H114N6. The van der Waals surface area contributed by atoms with E-state index in [2.05, 4.69) is 549 Å². The van der Waals surface area contributed by atoms with E-state index in [0.717, 1.165) is 0 Å². The van der Waals surface area contributed by atoms with Crippen LogP contribution in [-0.2, 0) is 0 Å². The largest absolute Gasteiger partial charge is 0.311 e. The molecule has 18 aromatic carbocycles. The third kappa shape index (κ3) is 24.3. The molecule has 0 fully saturated rings. The fraction of sp³-hybridized carbons (Fsp3) is 0.100. The minimum atomic E-state index is 1.17. The monoisotopic (exact) mass is 1640 g/mol. The Hall–Kier alpha value is -15.2. The Bertz CT molecular complexity index is 5810. The Labute approximate surface area is 749 Å². The Morgan fingerprint density at radius 3 is 0.413 bits per heavy atom. The number of anilines is 18. The van der Waals surface area contributed by atoms with Crippen LogP contribution in [0.5, 0.6) is 0 Å². The highest BCUT2D eigenvalue weighted by atomic mass is 15.2. The molecule has 0 heterocycles. The van der Waals surface area contributed by atoms with Crippen molar-refractivity contribution in [1.82, 2.24) is 0 Å². The van der Waals surface area contributed by atoms with Crippen molar-refractivity contribution in [2.45, 2.75) is 83.1 Å². The average Bonchev–Trinajstić information content (AvgIpc) is 0.717. The van der Waals surface area contributed by atoms with Gasteiger partial charge in [-0.15, -0.1) is 0 Å². The molecule has 0 aliphatic carbocycles. The summed E-state index contributed by atoms with van der Waals surface area (Å²) in [5.41, 5.74) is 36.6. The topological polar surface area (TPSA) is 19.4 Å². The molecule has 0 aliphatic rings. The first-order valence-corrected chi connectivity index (χ1v) is 43.4. The van der Waals surface area contributed by atoms with Crippen LogP contribution in [0.25, 0.3) is 0 Å². The number of benzene rings is 18. The van der Waals surface area contributed by atoms with Gasteiger partial charge in [0.1, 0.15) is 0 Å². The molecule has 18 rings (SSSR count). The predicted octanol–water partition coefficient (Wildman–Crippen LogP) is 34.6. The van der Waals surface area contributed by atoms with Crippen LogP contribution in [0.15, 0.2) is 473 Å². The number of para-hydroxylation sites is 9. The number of nitrogens with zero attached hydrogens (tertiary/aromatic N) is 6. The summed E-state index contributed by atoms with van der Waals surface area (Å²) in [5.74, 6) is 0. The summed E-state index contributed by atoms with van der Waals surface area (Å²) in [6.45, 7) is 25.6. The lowest BCUT2D eigenvalue weighted by Crippen LogP contribution is -2.13. The molecule has 6 nitrogen and oxygen atoms in total. The molecule has 0 saturated carbocycles. The quantitative estimate of drug-likeness (QED) is 0.0847. The van der Waals surface area contributed by atoms with Gasteiger partial charge in [0, 0.05) is 102 Å². The Kier molecular flexibility index (Phi) is 31.3. The minimum absolute atomic E-state index is 1.17. The molecule has 0 atom stereocenters. The average molecular weight is 1640 g/mol. The van der Waals surface area contributed by atoms with Crippen molar-refractivity contribution in [1.29, 1.82) is 0 Å². The number of rotatable bonds is 18. The van der Waals surface area contributed by atoms with Gasteiger partial charge < -0.3 is 29.4 Å². The number of hydrogen-bond donors (Lipinski definition) is 0. The molecule has 0 unspecified atom stereocenters. The number of aryl methyl sites for hydroxylation is 12. The molecule has 0 bridgehead atoms. The Balaban J connectivity index is 0.000000130. The summed E-state index contributed by atoms with van der Waals surface area (Å²) in [6.07, 6.45) is 0. The molecule has 0 saturated heterocycles. The van der Waals surface area contributed by atoms with Crippen molar-refractivity contribution < 1.29 is 0 Å². The van der Waals surface area contributed by atoms with E-state index >= 15 is 0 Å². The summed E-state index contributed by atoms with van der Waals surface area (Å²) in [5, 5.41) is 0. The second kappa shape index (κ2) is 44.5. The maximum atomic E-state index is 2.36. The van der Waals surface area contributed by atoms with Crippen molar-refractivity contribution in [2.75, 3.05) is 29.4 Å². The van der Waals surface area contributed by atoms with Crippen LogP contribution in [0, 0.1) is 83.1 Å². The van der Waals surface area contributed by atoms with E-state index in [0.29, 0.717) is 0 Å². The van der Waals surface area contributed by atoms with Gasteiger partial charge in [-0.25, -0.2) is 0 Å². The van der Waals surface area contributed by atoms with Crippen molar-refractivity contribution in [3.8, 4) is 0 Å². The molecule has 0 amide bonds. The van der Waals surface area contributed by atoms with E-state index in [1.165, 1.54) is 169 Å². The van der Waals surface area contributed by atoms with Crippen LogP contribution in [0.3, 0.4) is 0 Å². The standard InChI is InChI=1S/3C21H21N.C20H19N.C19H17N.C18H15N/c1-16-4-10-19(11-5-16)22(20-12-6-17(2)7-13-20)21-14-8-18(3)9-15-21;1-16-7-4-10-19(13-16)22(20-11-5-8-17(2)14-20)21-12-6-9-18(3)15-21;1-16-10-4-7-13-19(16)22(20-14-8-5-11-17(20)2)21-15-9-6-12-18(21)3;1-16-8-12-19(13-9-16)21(18-6-4-3-5-7-18)20-14-10-17(2)11-15-20;1-16-12-14-19(15-13-16)20(17-8-4-2-5-9-17)18-10-6-3-7-11-18;1-4-10-16(11-5-1)19(17-12-6-2-7-13-17)18-14-8-3-9-15-18/h3*4-15H,1-3H3;3-15H,1-2H3;2-15H,1H3;1-15H. The van der Waals surface area contributed by atoms with Gasteiger partial charge in [0.15, 0.2) is 0 Å². The summed E-state index contributed by atoms with van der Waals surface area (Å²) in [6, 6.07) is 166. The molecule has 6 heteroatoms. The summed E-state index contributed by atoms with van der Waals surface area (Å²) in [7, 11) is 0. The highest BCUT2D eigenvalue weighted by Gasteiger charge is 2.20. The smallest absolute Gasteiger partial charge is 0.0491 e. The maximum Gasteiger partial charge on any atom is 0.0491 e. The molecule has 0 radical (unpaired) electrons. The maximum absolute atomic E-state index is 2.36. The molecule has 0 aliphatic heterocycles. The van der Waals surface area contributed by atoms with Crippen molar-refractivity contribution in [2.24, 2.45) is 0 Å². The Morgan fingerprint density at radius 2 is 0.246 bits per heavy atom. The van der Waals surface area contributed by atoms with Crippen LogP contribution in [0.2, 0.25) is 0 Å². The number of hydrogen-bond acceptors (Lipinski definition) is 6. The zero-order chi connectivity index (χ0) is 87.9. The van der Waals surface area contributed by atoms with Gasteiger partial charge in [0.05, 0.1) is 0 Å². The van der Waals surface area contributed by atoms with E-state index in [4.69, 9.17) is 0 Å². The van der Waals surface area contributed by atoms with Gasteiger partial charge in [0.25, 0.3) is 0 Å². The van der Waals surface area contributed by atoms with Crippen molar-refractivity contribution in [3.05, 3.63) is 540 Å². The first-order valence-electron chi connectivity index (χ1n) is 43.4. The van der Waals surface area contributed by atoms with Crippen LogP contribution in [-0.4, -0.2) is 0 Å². The first kappa shape index (κ1) is 88.5. The van der Waals surface area contributed by atoms with Gasteiger partial charge in [-0.3, -0.25) is 0 Å². The molecule has 0 N–H and O–H groups in total. The van der Waals surface area contributed by atoms with Gasteiger partial charge in [-0.2, -0.15) is 0 Å². The van der Waals surface area contributed by atoms with Crippen molar-refractivity contribution in [3.63, 3.8) is 0 Å².